The summed E-state index contributed by atoms with van der Waals surface area (Å²) >= 11 is 0. The Morgan fingerprint density at radius 3 is 2.52 bits per heavy atom. The molecule has 1 saturated carbocycles. The van der Waals surface area contributed by atoms with Gasteiger partial charge >= 0.3 is 0 Å². The third-order valence-electron chi connectivity index (χ3n) is 5.56. The fourth-order valence-corrected chi connectivity index (χ4v) is 3.97. The molecule has 0 amide bonds. The van der Waals surface area contributed by atoms with E-state index in [1.165, 1.54) is 6.08 Å². The second-order valence-electron chi connectivity index (χ2n) is 7.14. The van der Waals surface area contributed by atoms with Crippen molar-refractivity contribution < 1.29 is 19.8 Å². The fraction of sp³-hybridized carbons (Fsp3) is 0.789. The molecule has 1 fully saturated rings. The molecule has 2 N–H and O–H groups in total. The number of aliphatic hydroxyl groups excluding tert-OH is 1. The van der Waals surface area contributed by atoms with Gasteiger partial charge in [0.15, 0.2) is 0 Å². The molecule has 0 spiro atoms. The number of hydrogen-bond acceptors (Lipinski definition) is 4. The van der Waals surface area contributed by atoms with Gasteiger partial charge < -0.3 is 10.2 Å². The van der Waals surface area contributed by atoms with Gasteiger partial charge in [0.25, 0.3) is 0 Å². The van der Waals surface area contributed by atoms with Gasteiger partial charge in [-0.3, -0.25) is 9.59 Å². The van der Waals surface area contributed by atoms with Crippen molar-refractivity contribution in [2.24, 2.45) is 17.8 Å². The van der Waals surface area contributed by atoms with Crippen LogP contribution in [0.2, 0.25) is 0 Å². The lowest BCUT2D eigenvalue weighted by atomic mass is 9.75. The molecule has 4 nitrogen and oxygen atoms in total. The number of aldehydes is 1. The number of rotatable bonds is 9. The molecule has 1 aliphatic carbocycles. The molecule has 0 aliphatic heterocycles. The van der Waals surface area contributed by atoms with Crippen LogP contribution in [0.15, 0.2) is 11.6 Å². The molecule has 0 bridgehead atoms. The van der Waals surface area contributed by atoms with Crippen LogP contribution in [-0.4, -0.2) is 34.0 Å². The van der Waals surface area contributed by atoms with Crippen LogP contribution in [0.4, 0.5) is 0 Å². The molecule has 4 heteroatoms. The first-order chi connectivity index (χ1) is 10.8. The van der Waals surface area contributed by atoms with E-state index in [9.17, 15) is 19.8 Å². The van der Waals surface area contributed by atoms with Crippen LogP contribution in [0, 0.1) is 17.8 Å². The summed E-state index contributed by atoms with van der Waals surface area (Å²) in [5.74, 6) is 0.0967. The summed E-state index contributed by atoms with van der Waals surface area (Å²) in [7, 11) is 0. The third-order valence-corrected chi connectivity index (χ3v) is 5.56. The Morgan fingerprint density at radius 2 is 2.00 bits per heavy atom. The van der Waals surface area contributed by atoms with Crippen LogP contribution < -0.4 is 0 Å². The second-order valence-corrected chi connectivity index (χ2v) is 7.14. The Labute approximate surface area is 140 Å². The average Bonchev–Trinajstić information content (AvgIpc) is 2.81. The lowest BCUT2D eigenvalue weighted by molar-refractivity contribution is -0.125. The van der Waals surface area contributed by atoms with Crippen LogP contribution >= 0.6 is 0 Å². The quantitative estimate of drug-likeness (QED) is 0.505. The van der Waals surface area contributed by atoms with Crippen molar-refractivity contribution in [3.05, 3.63) is 11.6 Å². The highest BCUT2D eigenvalue weighted by Gasteiger charge is 2.48. The number of hydrogen-bond donors (Lipinski definition) is 2. The van der Waals surface area contributed by atoms with Crippen LogP contribution in [0.5, 0.6) is 0 Å². The van der Waals surface area contributed by atoms with Gasteiger partial charge in [-0.15, -0.1) is 0 Å². The summed E-state index contributed by atoms with van der Waals surface area (Å²) in [5, 5.41) is 20.5. The highest BCUT2D eigenvalue weighted by Crippen LogP contribution is 2.48. The molecule has 1 aliphatic rings. The first-order valence-electron chi connectivity index (χ1n) is 8.85. The van der Waals surface area contributed by atoms with Gasteiger partial charge in [0.2, 0.25) is 0 Å². The standard InChI is InChI=1S/C19H32O4/c1-5-6-16(10-12-20)19(23)11-9-17(15(19)4)14(3)18(22)8-7-13(2)21/h10,12-15,17,21,23H,5-9,11H2,1-4H3/b16-10+/t13?,14-,15?,17?,19-/m0/s1. The molecule has 132 valence electrons. The van der Waals surface area contributed by atoms with Gasteiger partial charge in [-0.1, -0.05) is 27.2 Å². The topological polar surface area (TPSA) is 74.6 Å². The average molecular weight is 324 g/mol. The molecule has 0 aromatic heterocycles. The van der Waals surface area contributed by atoms with Crippen molar-refractivity contribution in [2.75, 3.05) is 0 Å². The Bertz CT molecular complexity index is 441. The first-order valence-corrected chi connectivity index (χ1v) is 8.85. The maximum absolute atomic E-state index is 12.3. The number of allylic oxidation sites excluding steroid dienone is 1. The normalized spacial score (nSPS) is 31.0. The summed E-state index contributed by atoms with van der Waals surface area (Å²) < 4.78 is 0. The third kappa shape index (κ3) is 4.74. The number of carbonyl (C=O) groups is 2. The van der Waals surface area contributed by atoms with Crippen molar-refractivity contribution in [3.8, 4) is 0 Å². The van der Waals surface area contributed by atoms with Crippen molar-refractivity contribution in [2.45, 2.75) is 77.9 Å². The van der Waals surface area contributed by atoms with E-state index in [4.69, 9.17) is 0 Å². The van der Waals surface area contributed by atoms with Gasteiger partial charge in [-0.2, -0.15) is 0 Å². The highest BCUT2D eigenvalue weighted by molar-refractivity contribution is 5.81. The van der Waals surface area contributed by atoms with E-state index >= 15 is 0 Å². The van der Waals surface area contributed by atoms with E-state index in [-0.39, 0.29) is 23.5 Å². The van der Waals surface area contributed by atoms with Crippen LogP contribution in [0.25, 0.3) is 0 Å². The zero-order chi connectivity index (χ0) is 17.6. The zero-order valence-electron chi connectivity index (χ0n) is 14.9. The van der Waals surface area contributed by atoms with Gasteiger partial charge in [0, 0.05) is 12.3 Å². The minimum Gasteiger partial charge on any atom is -0.393 e. The maximum atomic E-state index is 12.3. The Morgan fingerprint density at radius 1 is 1.35 bits per heavy atom. The van der Waals surface area contributed by atoms with Crippen molar-refractivity contribution in [1.82, 2.24) is 0 Å². The highest BCUT2D eigenvalue weighted by atomic mass is 16.3. The van der Waals surface area contributed by atoms with E-state index in [0.29, 0.717) is 25.7 Å². The number of aliphatic hydroxyl groups is 2. The smallest absolute Gasteiger partial charge is 0.142 e. The molecule has 0 saturated heterocycles. The van der Waals surface area contributed by atoms with Gasteiger partial charge in [0.05, 0.1) is 11.7 Å². The van der Waals surface area contributed by atoms with Crippen LogP contribution in [-0.2, 0) is 9.59 Å². The van der Waals surface area contributed by atoms with Gasteiger partial charge in [-0.05, 0) is 56.1 Å². The predicted molar refractivity (Wildman–Crippen MR) is 91.0 cm³/mol. The molecule has 0 radical (unpaired) electrons. The van der Waals surface area contributed by atoms with Crippen molar-refractivity contribution >= 4 is 12.1 Å². The SMILES string of the molecule is CCC/C(=C\C=O)[C@]1(O)CCC([C@H](C)C(=O)CCC(C)O)C1C. The summed E-state index contributed by atoms with van der Waals surface area (Å²) in [6.45, 7) is 7.64. The largest absolute Gasteiger partial charge is 0.393 e. The second kappa shape index (κ2) is 8.74. The van der Waals surface area contributed by atoms with Gasteiger partial charge in [-0.25, -0.2) is 0 Å². The molecule has 5 atom stereocenters. The Balaban J connectivity index is 2.84. The minimum atomic E-state index is -0.972. The van der Waals surface area contributed by atoms with E-state index in [1.54, 1.807) is 6.92 Å². The van der Waals surface area contributed by atoms with Crippen molar-refractivity contribution in [1.29, 1.82) is 0 Å². The van der Waals surface area contributed by atoms with E-state index in [2.05, 4.69) is 0 Å². The molecular weight excluding hydrogens is 292 g/mol. The molecule has 23 heavy (non-hydrogen) atoms. The first kappa shape index (κ1) is 20.0. The van der Waals surface area contributed by atoms with E-state index in [0.717, 1.165) is 24.7 Å². The van der Waals surface area contributed by atoms with Crippen LogP contribution in [0.3, 0.4) is 0 Å². The van der Waals surface area contributed by atoms with E-state index in [1.807, 2.05) is 20.8 Å². The van der Waals surface area contributed by atoms with E-state index < -0.39 is 11.7 Å². The van der Waals surface area contributed by atoms with Gasteiger partial charge in [0.1, 0.15) is 12.1 Å². The van der Waals surface area contributed by atoms with Crippen LogP contribution in [0.1, 0.15) is 66.2 Å². The van der Waals surface area contributed by atoms with Crippen molar-refractivity contribution in [3.63, 3.8) is 0 Å². The molecule has 0 aromatic carbocycles. The Kier molecular flexibility index (Phi) is 7.62. The zero-order valence-corrected chi connectivity index (χ0v) is 14.9. The summed E-state index contributed by atoms with van der Waals surface area (Å²) in [5.41, 5.74) is -0.172. The number of carbonyl (C=O) groups excluding carboxylic acids is 2. The summed E-state index contributed by atoms with van der Waals surface area (Å²) in [6.07, 6.45) is 5.64. The fourth-order valence-electron chi connectivity index (χ4n) is 3.97. The Hall–Kier alpha value is -1.00. The molecule has 1 rings (SSSR count). The number of ketones is 1. The molecule has 3 unspecified atom stereocenters. The predicted octanol–water partition coefficient (Wildman–Crippen LogP) is 3.06. The number of Topliss-reactive ketones (excluding diaryl/α,β-unsaturated/α-hetero) is 1. The molecule has 0 aromatic rings. The summed E-state index contributed by atoms with van der Waals surface area (Å²) in [6, 6.07) is 0. The lowest BCUT2D eigenvalue weighted by Gasteiger charge is -2.34. The lowest BCUT2D eigenvalue weighted by Crippen LogP contribution is -2.38. The monoisotopic (exact) mass is 324 g/mol. The summed E-state index contributed by atoms with van der Waals surface area (Å²) in [4.78, 5) is 23.3. The molecule has 0 heterocycles. The minimum absolute atomic E-state index is 0.0502. The molecular formula is C19H32O4. The maximum Gasteiger partial charge on any atom is 0.142 e.